The number of aliphatic imine (C=N–C) groups is 1. The largest absolute Gasteiger partial charge is 0.438 e. The molecule has 1 atom stereocenters. The molecule has 136 valence electrons. The summed E-state index contributed by atoms with van der Waals surface area (Å²) in [5.74, 6) is 0.661. The van der Waals surface area contributed by atoms with Gasteiger partial charge in [0, 0.05) is 24.2 Å². The minimum absolute atomic E-state index is 0.164. The maximum absolute atomic E-state index is 12.8. The van der Waals surface area contributed by atoms with Crippen LogP contribution in [-0.4, -0.2) is 59.0 Å². The summed E-state index contributed by atoms with van der Waals surface area (Å²) < 4.78 is 5.14. The maximum Gasteiger partial charge on any atom is 0.438 e. The van der Waals surface area contributed by atoms with Gasteiger partial charge in [-0.15, -0.1) is 0 Å². The highest BCUT2D eigenvalue weighted by molar-refractivity contribution is 6.05. The number of nitrogens with one attached hydrogen (secondary N) is 2. The second-order valence-electron chi connectivity index (χ2n) is 6.75. The van der Waals surface area contributed by atoms with Crippen LogP contribution >= 0.6 is 0 Å². The van der Waals surface area contributed by atoms with E-state index in [-0.39, 0.29) is 11.9 Å². The van der Waals surface area contributed by atoms with Gasteiger partial charge in [0.2, 0.25) is 0 Å². The van der Waals surface area contributed by atoms with Crippen LogP contribution in [0.15, 0.2) is 23.2 Å². The lowest BCUT2D eigenvalue weighted by molar-refractivity contribution is 0.0618. The van der Waals surface area contributed by atoms with E-state index in [9.17, 15) is 9.59 Å². The van der Waals surface area contributed by atoms with Crippen molar-refractivity contribution >= 4 is 29.1 Å². The number of fused-ring (bicyclic) bond motifs is 4. The smallest absolute Gasteiger partial charge is 0.409 e. The minimum atomic E-state index is -0.700. The van der Waals surface area contributed by atoms with Gasteiger partial charge < -0.3 is 15.0 Å². The second-order valence-corrected chi connectivity index (χ2v) is 6.75. The van der Waals surface area contributed by atoms with E-state index in [0.717, 1.165) is 32.5 Å². The van der Waals surface area contributed by atoms with Crippen LogP contribution in [0.3, 0.4) is 0 Å². The van der Waals surface area contributed by atoms with Crippen molar-refractivity contribution in [2.24, 2.45) is 10.9 Å². The number of piperidine rings is 3. The average Bonchev–Trinajstić information content (AvgIpc) is 3.06. The van der Waals surface area contributed by atoms with Crippen LogP contribution in [0.25, 0.3) is 10.9 Å². The van der Waals surface area contributed by atoms with Gasteiger partial charge in [0.15, 0.2) is 5.69 Å². The van der Waals surface area contributed by atoms with E-state index in [0.29, 0.717) is 28.3 Å². The normalized spacial score (nSPS) is 24.9. The molecule has 0 radical (unpaired) electrons. The quantitative estimate of drug-likeness (QED) is 0.820. The number of carbonyl (C=O) groups excluding carboxylic acids is 2. The van der Waals surface area contributed by atoms with E-state index >= 15 is 0 Å². The molecule has 3 fully saturated rings. The van der Waals surface area contributed by atoms with Crippen LogP contribution < -0.4 is 10.1 Å². The first kappa shape index (κ1) is 16.7. The Morgan fingerprint density at radius 3 is 2.88 bits per heavy atom. The zero-order valence-electron chi connectivity index (χ0n) is 14.6. The zero-order valence-corrected chi connectivity index (χ0v) is 14.6. The number of aromatic amines is 1. The minimum Gasteiger partial charge on any atom is -0.409 e. The Hall–Kier alpha value is -2.74. The Morgan fingerprint density at radius 1 is 1.38 bits per heavy atom. The van der Waals surface area contributed by atoms with Crippen LogP contribution in [0.4, 0.5) is 4.79 Å². The number of aromatic nitrogens is 2. The third-order valence-corrected chi connectivity index (χ3v) is 5.16. The molecule has 26 heavy (non-hydrogen) atoms. The van der Waals surface area contributed by atoms with Crippen LogP contribution in [0.5, 0.6) is 5.75 Å². The van der Waals surface area contributed by atoms with Crippen molar-refractivity contribution in [2.45, 2.75) is 25.8 Å². The lowest BCUT2D eigenvalue weighted by Crippen LogP contribution is -2.57. The van der Waals surface area contributed by atoms with Crippen LogP contribution in [0, 0.1) is 5.92 Å². The van der Waals surface area contributed by atoms with Gasteiger partial charge in [0.05, 0.1) is 5.52 Å². The number of hydrogen-bond acceptors (Lipinski definition) is 5. The molecule has 0 saturated carbocycles. The van der Waals surface area contributed by atoms with Crippen molar-refractivity contribution in [3.05, 3.63) is 23.9 Å². The van der Waals surface area contributed by atoms with Gasteiger partial charge in [-0.05, 0) is 57.0 Å². The Balaban J connectivity index is 1.53. The van der Waals surface area contributed by atoms with Gasteiger partial charge in [-0.3, -0.25) is 9.89 Å². The van der Waals surface area contributed by atoms with Gasteiger partial charge in [-0.2, -0.15) is 10.1 Å². The first-order valence-electron chi connectivity index (χ1n) is 8.86. The standard InChI is InChI=1S/C18H21N5O3/c1-2-19-18(25)26-12-3-4-14-13(9-12)16(22-21-14)17(24)20-15-10-23-7-5-11(15)6-8-23/h2-4,9,11,15H,5-8,10H2,1H3,(H,20,24)(H,21,22)/t15-/m1/s1. The van der Waals surface area contributed by atoms with Gasteiger partial charge in [0.1, 0.15) is 5.75 Å². The summed E-state index contributed by atoms with van der Waals surface area (Å²) >= 11 is 0. The van der Waals surface area contributed by atoms with Crippen LogP contribution in [-0.2, 0) is 0 Å². The number of ether oxygens (including phenoxy) is 1. The number of rotatable bonds is 3. The van der Waals surface area contributed by atoms with Crippen molar-refractivity contribution in [1.82, 2.24) is 20.4 Å². The van der Waals surface area contributed by atoms with Gasteiger partial charge in [-0.25, -0.2) is 4.79 Å². The van der Waals surface area contributed by atoms with E-state index in [1.54, 1.807) is 25.1 Å². The average molecular weight is 355 g/mol. The molecular formula is C18H21N5O3. The molecule has 2 N–H and O–H groups in total. The molecule has 8 nitrogen and oxygen atoms in total. The number of hydrogen-bond donors (Lipinski definition) is 2. The first-order chi connectivity index (χ1) is 12.6. The lowest BCUT2D eigenvalue weighted by atomic mass is 9.84. The first-order valence-corrected chi connectivity index (χ1v) is 8.86. The third kappa shape index (κ3) is 3.20. The fourth-order valence-electron chi connectivity index (χ4n) is 3.83. The summed E-state index contributed by atoms with van der Waals surface area (Å²) in [6, 6.07) is 5.16. The lowest BCUT2D eigenvalue weighted by Gasteiger charge is -2.44. The van der Waals surface area contributed by atoms with Crippen molar-refractivity contribution in [3.63, 3.8) is 0 Å². The Bertz CT molecular complexity index is 867. The monoisotopic (exact) mass is 355 g/mol. The van der Waals surface area contributed by atoms with Crippen molar-refractivity contribution in [1.29, 1.82) is 0 Å². The molecule has 5 rings (SSSR count). The predicted octanol–water partition coefficient (Wildman–Crippen LogP) is 1.98. The third-order valence-electron chi connectivity index (χ3n) is 5.16. The highest BCUT2D eigenvalue weighted by atomic mass is 16.5. The number of amides is 2. The summed E-state index contributed by atoms with van der Waals surface area (Å²) in [7, 11) is 0. The SMILES string of the molecule is CC=NC(=O)Oc1ccc2[nH]nc(C(=O)N[C@@H]3CN4CCC3CC4)c2c1. The fraction of sp³-hybridized carbons (Fsp3) is 0.444. The molecule has 2 bridgehead atoms. The van der Waals surface area contributed by atoms with Gasteiger partial charge in [0.25, 0.3) is 5.91 Å². The highest BCUT2D eigenvalue weighted by Crippen LogP contribution is 2.28. The molecule has 3 aliphatic rings. The molecular weight excluding hydrogens is 334 g/mol. The Kier molecular flexibility index (Phi) is 4.42. The molecule has 1 aromatic heterocycles. The Morgan fingerprint density at radius 2 is 2.19 bits per heavy atom. The molecule has 3 saturated heterocycles. The van der Waals surface area contributed by atoms with E-state index in [2.05, 4.69) is 25.4 Å². The summed E-state index contributed by atoms with van der Waals surface area (Å²) in [5, 5.41) is 10.8. The molecule has 3 aliphatic heterocycles. The molecule has 8 heteroatoms. The van der Waals surface area contributed by atoms with E-state index in [1.165, 1.54) is 6.21 Å². The summed E-state index contributed by atoms with van der Waals surface area (Å²) in [6.45, 7) is 4.78. The van der Waals surface area contributed by atoms with Gasteiger partial charge >= 0.3 is 6.09 Å². The number of nitrogens with zero attached hydrogens (tertiary/aromatic N) is 3. The highest BCUT2D eigenvalue weighted by Gasteiger charge is 2.35. The molecule has 2 amide bonds. The topological polar surface area (TPSA) is 99.7 Å². The van der Waals surface area contributed by atoms with E-state index < -0.39 is 6.09 Å². The van der Waals surface area contributed by atoms with Crippen LogP contribution in [0.2, 0.25) is 0 Å². The maximum atomic E-state index is 12.8. The predicted molar refractivity (Wildman–Crippen MR) is 96.7 cm³/mol. The van der Waals surface area contributed by atoms with Crippen molar-refractivity contribution in [2.75, 3.05) is 19.6 Å². The fourth-order valence-corrected chi connectivity index (χ4v) is 3.83. The number of carbonyl (C=O) groups is 2. The summed E-state index contributed by atoms with van der Waals surface area (Å²) in [5.41, 5.74) is 1.02. The number of benzene rings is 1. The van der Waals surface area contributed by atoms with Crippen molar-refractivity contribution in [3.8, 4) is 5.75 Å². The van der Waals surface area contributed by atoms with E-state index in [4.69, 9.17) is 4.74 Å². The molecule has 1 aromatic carbocycles. The zero-order chi connectivity index (χ0) is 18.1. The molecule has 2 aromatic rings. The molecule has 0 spiro atoms. The second kappa shape index (κ2) is 6.87. The molecule has 0 unspecified atom stereocenters. The van der Waals surface area contributed by atoms with Gasteiger partial charge in [-0.1, -0.05) is 0 Å². The summed E-state index contributed by atoms with van der Waals surface area (Å²) in [4.78, 5) is 30.2. The van der Waals surface area contributed by atoms with Crippen molar-refractivity contribution < 1.29 is 14.3 Å². The van der Waals surface area contributed by atoms with Crippen LogP contribution in [0.1, 0.15) is 30.3 Å². The molecule has 4 heterocycles. The Labute approximate surface area is 150 Å². The van der Waals surface area contributed by atoms with E-state index in [1.807, 2.05) is 0 Å². The summed E-state index contributed by atoms with van der Waals surface area (Å²) in [6.07, 6.45) is 2.92. The number of H-pyrrole nitrogens is 1. The molecule has 0 aliphatic carbocycles.